The van der Waals surface area contributed by atoms with E-state index in [1.165, 1.54) is 0 Å². The summed E-state index contributed by atoms with van der Waals surface area (Å²) >= 11 is 6.38. The van der Waals surface area contributed by atoms with E-state index >= 15 is 0 Å². The molecule has 1 atom stereocenters. The minimum Gasteiger partial charge on any atom is -0.494 e. The number of carbonyl (C=O) groups is 1. The number of anilines is 1. The number of amides is 1. The van der Waals surface area contributed by atoms with Crippen LogP contribution in [0.5, 0.6) is 5.75 Å². The molecular weight excluding hydrogens is 512 g/mol. The number of ether oxygens (including phenoxy) is 1. The van der Waals surface area contributed by atoms with Gasteiger partial charge in [0.1, 0.15) is 17.6 Å². The molecule has 2 aromatic heterocycles. The van der Waals surface area contributed by atoms with Crippen molar-refractivity contribution in [1.82, 2.24) is 14.5 Å². The lowest BCUT2D eigenvalue weighted by Crippen LogP contribution is -2.31. The highest BCUT2D eigenvalue weighted by Crippen LogP contribution is 2.46. The van der Waals surface area contributed by atoms with Crippen molar-refractivity contribution in [3.8, 4) is 29.3 Å². The molecule has 0 saturated carbocycles. The van der Waals surface area contributed by atoms with Crippen molar-refractivity contribution in [3.63, 3.8) is 0 Å². The Morgan fingerprint density at radius 2 is 1.87 bits per heavy atom. The second-order valence-corrected chi connectivity index (χ2v) is 10.0. The third kappa shape index (κ3) is 4.39. The Morgan fingerprint density at radius 3 is 2.51 bits per heavy atom. The maximum atomic E-state index is 14.2. The molecule has 0 bridgehead atoms. The van der Waals surface area contributed by atoms with Crippen LogP contribution in [-0.4, -0.2) is 27.6 Å². The summed E-state index contributed by atoms with van der Waals surface area (Å²) in [4.78, 5) is 25.1. The fourth-order valence-corrected chi connectivity index (χ4v) is 5.24. The van der Waals surface area contributed by atoms with E-state index in [4.69, 9.17) is 21.3 Å². The number of nitrogens with zero attached hydrogens (tertiary/aromatic N) is 6. The first-order chi connectivity index (χ1) is 18.8. The van der Waals surface area contributed by atoms with Gasteiger partial charge in [-0.05, 0) is 62.2 Å². The lowest BCUT2D eigenvalue weighted by atomic mass is 10.0. The molecule has 5 rings (SSSR count). The molecule has 1 aliphatic rings. The third-order valence-electron chi connectivity index (χ3n) is 6.83. The number of aryl methyl sites for hydroxylation is 1. The smallest absolute Gasteiger partial charge is 0.279 e. The molecule has 0 unspecified atom stereocenters. The first kappa shape index (κ1) is 26.0. The molecule has 194 valence electrons. The van der Waals surface area contributed by atoms with Crippen LogP contribution in [0, 0.1) is 29.6 Å². The second kappa shape index (κ2) is 10.2. The zero-order valence-corrected chi connectivity index (χ0v) is 22.7. The normalized spacial score (nSPS) is 14.3. The Hall–Kier alpha value is -4.66. The number of rotatable bonds is 6. The van der Waals surface area contributed by atoms with E-state index in [-0.39, 0.29) is 18.4 Å². The van der Waals surface area contributed by atoms with E-state index in [2.05, 4.69) is 17.1 Å². The molecule has 1 amide bonds. The number of hydrogen-bond donors (Lipinski definition) is 0. The number of fused-ring (bicyclic) bond motifs is 1. The highest BCUT2D eigenvalue weighted by atomic mass is 35.5. The van der Waals surface area contributed by atoms with Gasteiger partial charge >= 0.3 is 0 Å². The summed E-state index contributed by atoms with van der Waals surface area (Å²) in [5.74, 6) is 0.797. The maximum absolute atomic E-state index is 14.2. The van der Waals surface area contributed by atoms with Gasteiger partial charge in [0, 0.05) is 16.8 Å². The van der Waals surface area contributed by atoms with Crippen molar-refractivity contribution < 1.29 is 9.53 Å². The van der Waals surface area contributed by atoms with Gasteiger partial charge in [0.2, 0.25) is 0 Å². The van der Waals surface area contributed by atoms with Crippen LogP contribution < -0.4 is 9.64 Å². The van der Waals surface area contributed by atoms with Crippen LogP contribution in [0.15, 0.2) is 54.7 Å². The van der Waals surface area contributed by atoms with E-state index < -0.39 is 6.04 Å². The highest BCUT2D eigenvalue weighted by Gasteiger charge is 2.45. The highest BCUT2D eigenvalue weighted by molar-refractivity contribution is 6.31. The average molecular weight is 537 g/mol. The fourth-order valence-electron chi connectivity index (χ4n) is 5.07. The number of carbonyl (C=O) groups excluding carboxylic acids is 1. The Labute approximate surface area is 231 Å². The van der Waals surface area contributed by atoms with Gasteiger partial charge in [-0.2, -0.15) is 10.5 Å². The standard InChI is InChI=1S/C30H25ClN6O2/c1-17(2)36-28-26(35-29(36)23-14-22(11-12-32)34-16-25(23)39-4)30(38)37(24-13-21(31)10-5-18(24)3)27(28)20-8-6-19(15-33)7-9-20/h5-10,13-14,16-17,27H,11H2,1-4H3/t27-/m1/s1. The molecule has 2 aromatic carbocycles. The minimum absolute atomic E-state index is 0.0809. The minimum atomic E-state index is -0.521. The summed E-state index contributed by atoms with van der Waals surface area (Å²) in [5.41, 5.74) is 5.23. The van der Waals surface area contributed by atoms with Gasteiger partial charge in [0.25, 0.3) is 5.91 Å². The predicted octanol–water partition coefficient (Wildman–Crippen LogP) is 6.18. The molecule has 4 aromatic rings. The molecule has 0 fully saturated rings. The number of hydrogen-bond acceptors (Lipinski definition) is 6. The van der Waals surface area contributed by atoms with Crippen molar-refractivity contribution in [2.45, 2.75) is 39.3 Å². The molecule has 0 aliphatic carbocycles. The Bertz CT molecular complexity index is 1680. The van der Waals surface area contributed by atoms with Crippen LogP contribution >= 0.6 is 11.6 Å². The van der Waals surface area contributed by atoms with Gasteiger partial charge in [-0.3, -0.25) is 14.7 Å². The number of imidazole rings is 1. The largest absolute Gasteiger partial charge is 0.494 e. The summed E-state index contributed by atoms with van der Waals surface area (Å²) in [5, 5.41) is 19.1. The Morgan fingerprint density at radius 1 is 1.13 bits per heavy atom. The van der Waals surface area contributed by atoms with E-state index in [1.54, 1.807) is 48.5 Å². The molecular formula is C30H25ClN6O2. The van der Waals surface area contributed by atoms with Crippen LogP contribution in [0.4, 0.5) is 5.69 Å². The van der Waals surface area contributed by atoms with Crippen LogP contribution in [0.3, 0.4) is 0 Å². The number of aromatic nitrogens is 3. The molecule has 0 spiro atoms. The fraction of sp³-hybridized carbons (Fsp3) is 0.233. The van der Waals surface area contributed by atoms with E-state index in [1.807, 2.05) is 43.5 Å². The quantitative estimate of drug-likeness (QED) is 0.291. The van der Waals surface area contributed by atoms with Gasteiger partial charge in [0.15, 0.2) is 5.69 Å². The zero-order valence-electron chi connectivity index (χ0n) is 21.9. The average Bonchev–Trinajstić information content (AvgIpc) is 3.45. The molecule has 9 heteroatoms. The van der Waals surface area contributed by atoms with Crippen LogP contribution in [0.2, 0.25) is 5.02 Å². The summed E-state index contributed by atoms with van der Waals surface area (Å²) in [7, 11) is 1.55. The molecule has 0 N–H and O–H groups in total. The monoisotopic (exact) mass is 536 g/mol. The second-order valence-electron chi connectivity index (χ2n) is 9.59. The first-order valence-electron chi connectivity index (χ1n) is 12.4. The molecule has 8 nitrogen and oxygen atoms in total. The Balaban J connectivity index is 1.80. The third-order valence-corrected chi connectivity index (χ3v) is 7.07. The number of benzene rings is 2. The van der Waals surface area contributed by atoms with Crippen LogP contribution in [-0.2, 0) is 6.42 Å². The van der Waals surface area contributed by atoms with Crippen molar-refractivity contribution >= 4 is 23.2 Å². The Kier molecular flexibility index (Phi) is 6.82. The number of pyridine rings is 1. The maximum Gasteiger partial charge on any atom is 0.279 e. The van der Waals surface area contributed by atoms with Gasteiger partial charge in [-0.1, -0.05) is 29.8 Å². The predicted molar refractivity (Wildman–Crippen MR) is 148 cm³/mol. The first-order valence-corrected chi connectivity index (χ1v) is 12.8. The molecule has 0 saturated heterocycles. The molecule has 39 heavy (non-hydrogen) atoms. The van der Waals surface area contributed by atoms with Gasteiger partial charge in [-0.25, -0.2) is 4.98 Å². The lowest BCUT2D eigenvalue weighted by Gasteiger charge is -2.29. The van der Waals surface area contributed by atoms with E-state index in [9.17, 15) is 15.3 Å². The summed E-state index contributed by atoms with van der Waals surface area (Å²) < 4.78 is 7.66. The number of nitriles is 2. The summed E-state index contributed by atoms with van der Waals surface area (Å²) in [6, 6.07) is 18.2. The molecule has 3 heterocycles. The van der Waals surface area contributed by atoms with E-state index in [0.29, 0.717) is 44.8 Å². The SMILES string of the molecule is COc1cnc(CC#N)cc1-c1nc2c(n1C(C)C)[C@@H](c1ccc(C#N)cc1)N(c1cc(Cl)ccc1C)C2=O. The van der Waals surface area contributed by atoms with Gasteiger partial charge < -0.3 is 9.30 Å². The number of methoxy groups -OCH3 is 1. The topological polar surface area (TPSA) is 108 Å². The van der Waals surface area contributed by atoms with Crippen LogP contribution in [0.25, 0.3) is 11.4 Å². The summed E-state index contributed by atoms with van der Waals surface area (Å²) in [6.45, 7) is 6.00. The van der Waals surface area contributed by atoms with Crippen molar-refractivity contribution in [2.24, 2.45) is 0 Å². The number of halogens is 1. The van der Waals surface area contributed by atoms with Gasteiger partial charge in [0.05, 0.1) is 54.4 Å². The summed E-state index contributed by atoms with van der Waals surface area (Å²) in [6.07, 6.45) is 1.71. The van der Waals surface area contributed by atoms with Gasteiger partial charge in [-0.15, -0.1) is 0 Å². The molecule has 0 radical (unpaired) electrons. The van der Waals surface area contributed by atoms with Crippen LogP contribution in [0.1, 0.15) is 64.5 Å². The van der Waals surface area contributed by atoms with Crippen molar-refractivity contribution in [1.29, 1.82) is 10.5 Å². The zero-order chi connectivity index (χ0) is 27.8. The molecule has 1 aliphatic heterocycles. The van der Waals surface area contributed by atoms with Crippen molar-refractivity contribution in [2.75, 3.05) is 12.0 Å². The van der Waals surface area contributed by atoms with E-state index in [0.717, 1.165) is 16.8 Å². The van der Waals surface area contributed by atoms with Crippen molar-refractivity contribution in [3.05, 3.63) is 93.5 Å². The lowest BCUT2D eigenvalue weighted by molar-refractivity contribution is 0.0989.